The van der Waals surface area contributed by atoms with E-state index in [1.54, 1.807) is 22.7 Å². The van der Waals surface area contributed by atoms with Crippen molar-refractivity contribution < 1.29 is 17.9 Å². The molecule has 1 aliphatic heterocycles. The Morgan fingerprint density at radius 2 is 1.93 bits per heavy atom. The Bertz CT molecular complexity index is 1090. The zero-order valence-corrected chi connectivity index (χ0v) is 16.8. The summed E-state index contributed by atoms with van der Waals surface area (Å²) in [5.41, 5.74) is 0.615. The lowest BCUT2D eigenvalue weighted by molar-refractivity contribution is 0.122. The third kappa shape index (κ3) is 4.16. The van der Waals surface area contributed by atoms with E-state index in [9.17, 15) is 8.42 Å². The van der Waals surface area contributed by atoms with Crippen LogP contribution in [0.3, 0.4) is 0 Å². The summed E-state index contributed by atoms with van der Waals surface area (Å²) in [5, 5.41) is 12.9. The summed E-state index contributed by atoms with van der Waals surface area (Å²) in [6.07, 6.45) is 0.342. The van der Waals surface area contributed by atoms with E-state index in [0.29, 0.717) is 36.9 Å². The lowest BCUT2D eigenvalue weighted by atomic mass is 10.3. The Kier molecular flexibility index (Phi) is 5.60. The zero-order valence-electron chi connectivity index (χ0n) is 16.0. The van der Waals surface area contributed by atoms with Gasteiger partial charge in [-0.3, -0.25) is 0 Å². The molecule has 1 aromatic carbocycles. The molecule has 0 bridgehead atoms. The number of aromatic nitrogens is 4. The van der Waals surface area contributed by atoms with Crippen molar-refractivity contribution in [1.29, 1.82) is 0 Å². The Labute approximate surface area is 168 Å². The van der Waals surface area contributed by atoms with E-state index in [0.717, 1.165) is 18.9 Å². The monoisotopic (exact) mass is 418 g/mol. The normalized spacial score (nSPS) is 15.0. The highest BCUT2D eigenvalue weighted by Gasteiger charge is 2.19. The fourth-order valence-corrected chi connectivity index (χ4v) is 4.36. The number of anilines is 1. The molecule has 0 aliphatic carbocycles. The number of nitrogens with one attached hydrogen (secondary N) is 1. The van der Waals surface area contributed by atoms with E-state index >= 15 is 0 Å². The highest BCUT2D eigenvalue weighted by atomic mass is 32.2. The number of rotatable bonds is 7. The number of sulfonamides is 1. The lowest BCUT2D eigenvalue weighted by Crippen LogP contribution is -2.37. The van der Waals surface area contributed by atoms with Gasteiger partial charge in [0.25, 0.3) is 0 Å². The quantitative estimate of drug-likeness (QED) is 0.590. The molecular formula is C18H22N6O4S. The van der Waals surface area contributed by atoms with Crippen LogP contribution in [-0.2, 0) is 21.2 Å². The second kappa shape index (κ2) is 8.31. The molecule has 0 spiro atoms. The minimum absolute atomic E-state index is 0.0985. The smallest absolute Gasteiger partial charge is 0.244 e. The van der Waals surface area contributed by atoms with E-state index in [2.05, 4.69) is 24.9 Å². The fraction of sp³-hybridized carbons (Fsp3) is 0.389. The van der Waals surface area contributed by atoms with Crippen molar-refractivity contribution in [1.82, 2.24) is 24.5 Å². The van der Waals surface area contributed by atoms with Gasteiger partial charge in [-0.15, -0.1) is 15.3 Å². The van der Waals surface area contributed by atoms with Crippen LogP contribution in [0.1, 0.15) is 5.82 Å². The van der Waals surface area contributed by atoms with Crippen LogP contribution in [0.5, 0.6) is 5.75 Å². The van der Waals surface area contributed by atoms with Crippen LogP contribution in [0.2, 0.25) is 0 Å². The molecule has 29 heavy (non-hydrogen) atoms. The predicted molar refractivity (Wildman–Crippen MR) is 106 cm³/mol. The fourth-order valence-electron chi connectivity index (χ4n) is 3.16. The summed E-state index contributed by atoms with van der Waals surface area (Å²) >= 11 is 0. The van der Waals surface area contributed by atoms with Gasteiger partial charge in [-0.1, -0.05) is 12.1 Å². The molecule has 1 fully saturated rings. The maximum Gasteiger partial charge on any atom is 0.244 e. The van der Waals surface area contributed by atoms with Crippen molar-refractivity contribution in [3.63, 3.8) is 0 Å². The minimum atomic E-state index is -3.71. The molecule has 0 atom stereocenters. The first-order valence-electron chi connectivity index (χ1n) is 9.25. The molecule has 0 unspecified atom stereocenters. The molecule has 2 aromatic heterocycles. The Balaban J connectivity index is 1.48. The molecular weight excluding hydrogens is 396 g/mol. The number of hydrogen-bond donors (Lipinski definition) is 1. The molecule has 1 aliphatic rings. The molecule has 1 saturated heterocycles. The van der Waals surface area contributed by atoms with Gasteiger partial charge < -0.3 is 14.4 Å². The van der Waals surface area contributed by atoms with Gasteiger partial charge in [-0.25, -0.2) is 13.1 Å². The van der Waals surface area contributed by atoms with E-state index in [1.807, 2.05) is 12.1 Å². The summed E-state index contributed by atoms with van der Waals surface area (Å²) in [4.78, 5) is 2.23. The molecule has 1 N–H and O–H groups in total. The standard InChI is InChI=1S/C18H22N6O4S/c1-27-14-4-2-3-5-15(14)29(25,26)19-9-8-17-21-20-16-6-7-18(22-24(16)17)23-10-12-28-13-11-23/h2-7,19H,8-13H2,1H3. The number of morpholine rings is 1. The number of ether oxygens (including phenoxy) is 2. The van der Waals surface area contributed by atoms with Gasteiger partial charge in [0.15, 0.2) is 11.5 Å². The molecule has 154 valence electrons. The number of nitrogens with zero attached hydrogens (tertiary/aromatic N) is 5. The average molecular weight is 418 g/mol. The average Bonchev–Trinajstić information content (AvgIpc) is 3.16. The molecule has 4 rings (SSSR count). The lowest BCUT2D eigenvalue weighted by Gasteiger charge is -2.27. The van der Waals surface area contributed by atoms with Crippen molar-refractivity contribution >= 4 is 21.5 Å². The van der Waals surface area contributed by atoms with Crippen LogP contribution in [0.15, 0.2) is 41.3 Å². The highest BCUT2D eigenvalue weighted by molar-refractivity contribution is 7.89. The molecule has 3 aromatic rings. The number of para-hydroxylation sites is 1. The van der Waals surface area contributed by atoms with Crippen LogP contribution in [0.4, 0.5) is 5.82 Å². The van der Waals surface area contributed by atoms with Gasteiger partial charge in [0.2, 0.25) is 10.0 Å². The first kappa shape index (κ1) is 19.6. The number of fused-ring (bicyclic) bond motifs is 1. The van der Waals surface area contributed by atoms with Crippen molar-refractivity contribution in [2.75, 3.05) is 44.9 Å². The summed E-state index contributed by atoms with van der Waals surface area (Å²) in [7, 11) is -2.27. The van der Waals surface area contributed by atoms with Gasteiger partial charge in [0.05, 0.1) is 20.3 Å². The third-order valence-corrected chi connectivity index (χ3v) is 6.15. The van der Waals surface area contributed by atoms with Crippen LogP contribution in [0.25, 0.3) is 5.65 Å². The maximum absolute atomic E-state index is 12.6. The Morgan fingerprint density at radius 1 is 1.14 bits per heavy atom. The second-order valence-electron chi connectivity index (χ2n) is 6.48. The van der Waals surface area contributed by atoms with Crippen molar-refractivity contribution in [2.45, 2.75) is 11.3 Å². The predicted octanol–water partition coefficient (Wildman–Crippen LogP) is 0.491. The zero-order chi connectivity index (χ0) is 20.3. The molecule has 10 nitrogen and oxygen atoms in total. The topological polar surface area (TPSA) is 111 Å². The van der Waals surface area contributed by atoms with Crippen LogP contribution < -0.4 is 14.4 Å². The van der Waals surface area contributed by atoms with Gasteiger partial charge in [0, 0.05) is 26.1 Å². The highest BCUT2D eigenvalue weighted by Crippen LogP contribution is 2.22. The Morgan fingerprint density at radius 3 is 2.72 bits per heavy atom. The molecule has 0 saturated carbocycles. The maximum atomic E-state index is 12.6. The van der Waals surface area contributed by atoms with Gasteiger partial charge in [0.1, 0.15) is 16.5 Å². The largest absolute Gasteiger partial charge is 0.495 e. The molecule has 0 amide bonds. The minimum Gasteiger partial charge on any atom is -0.495 e. The second-order valence-corrected chi connectivity index (χ2v) is 8.21. The first-order valence-corrected chi connectivity index (χ1v) is 10.7. The summed E-state index contributed by atoms with van der Waals surface area (Å²) in [6.45, 7) is 3.03. The number of hydrogen-bond acceptors (Lipinski definition) is 8. The van der Waals surface area contributed by atoms with E-state index in [1.165, 1.54) is 13.2 Å². The summed E-state index contributed by atoms with van der Waals surface area (Å²) in [6, 6.07) is 10.2. The SMILES string of the molecule is COc1ccccc1S(=O)(=O)NCCc1nnc2ccc(N3CCOCC3)nn12. The molecule has 11 heteroatoms. The van der Waals surface area contributed by atoms with Crippen molar-refractivity contribution in [3.05, 3.63) is 42.2 Å². The van der Waals surface area contributed by atoms with Crippen molar-refractivity contribution in [3.8, 4) is 5.75 Å². The molecule has 0 radical (unpaired) electrons. The van der Waals surface area contributed by atoms with Crippen LogP contribution >= 0.6 is 0 Å². The van der Waals surface area contributed by atoms with Gasteiger partial charge in [-0.05, 0) is 24.3 Å². The van der Waals surface area contributed by atoms with Crippen molar-refractivity contribution in [2.24, 2.45) is 0 Å². The van der Waals surface area contributed by atoms with E-state index in [-0.39, 0.29) is 11.4 Å². The molecule has 3 heterocycles. The van der Waals surface area contributed by atoms with Gasteiger partial charge in [-0.2, -0.15) is 4.52 Å². The summed E-state index contributed by atoms with van der Waals surface area (Å²) < 4.78 is 40.0. The van der Waals surface area contributed by atoms with E-state index in [4.69, 9.17) is 9.47 Å². The summed E-state index contributed by atoms with van der Waals surface area (Å²) in [5.74, 6) is 1.69. The first-order chi connectivity index (χ1) is 14.1. The Hall–Kier alpha value is -2.76. The van der Waals surface area contributed by atoms with E-state index < -0.39 is 10.0 Å². The third-order valence-electron chi connectivity index (χ3n) is 4.65. The van der Waals surface area contributed by atoms with Gasteiger partial charge >= 0.3 is 0 Å². The number of benzene rings is 1. The van der Waals surface area contributed by atoms with Crippen LogP contribution in [-0.4, -0.2) is 68.2 Å². The van der Waals surface area contributed by atoms with Crippen LogP contribution in [0, 0.1) is 0 Å². The number of methoxy groups -OCH3 is 1.